The number of sulfonamides is 1. The molecule has 0 N–H and O–H groups in total. The van der Waals surface area contributed by atoms with Gasteiger partial charge in [-0.15, -0.1) is 0 Å². The van der Waals surface area contributed by atoms with Crippen molar-refractivity contribution in [2.75, 3.05) is 32.9 Å². The van der Waals surface area contributed by atoms with Crippen molar-refractivity contribution >= 4 is 27.7 Å². The summed E-state index contributed by atoms with van der Waals surface area (Å²) in [5, 5.41) is 0.0200. The van der Waals surface area contributed by atoms with E-state index in [2.05, 4.69) is 0 Å². The summed E-state index contributed by atoms with van der Waals surface area (Å²) in [5.74, 6) is 0.374. The zero-order valence-corrected chi connectivity index (χ0v) is 17.5. The molecule has 8 heteroatoms. The largest absolute Gasteiger partial charge is 0.338 e. The van der Waals surface area contributed by atoms with Gasteiger partial charge in [0.1, 0.15) is 5.82 Å². The summed E-state index contributed by atoms with van der Waals surface area (Å²) < 4.78 is 39.5. The summed E-state index contributed by atoms with van der Waals surface area (Å²) in [4.78, 5) is 14.7. The van der Waals surface area contributed by atoms with Crippen LogP contribution in [0.4, 0.5) is 4.39 Å². The molecule has 2 aromatic rings. The lowest BCUT2D eigenvalue weighted by atomic mass is 10.1. The maximum Gasteiger partial charge on any atom is 0.253 e. The van der Waals surface area contributed by atoms with E-state index in [4.69, 9.17) is 0 Å². The van der Waals surface area contributed by atoms with E-state index in [0.29, 0.717) is 30.6 Å². The minimum absolute atomic E-state index is 0.0200. The summed E-state index contributed by atoms with van der Waals surface area (Å²) in [7, 11) is -0.587. The van der Waals surface area contributed by atoms with Crippen LogP contribution in [0.2, 0.25) is 0 Å². The van der Waals surface area contributed by atoms with Crippen LogP contribution in [-0.2, 0) is 10.0 Å². The second-order valence-electron chi connectivity index (χ2n) is 6.77. The third-order valence-corrected chi connectivity index (χ3v) is 7.90. The van der Waals surface area contributed by atoms with Gasteiger partial charge in [-0.25, -0.2) is 17.1 Å². The molecule has 1 heterocycles. The van der Waals surface area contributed by atoms with E-state index in [1.54, 1.807) is 40.9 Å². The first kappa shape index (κ1) is 20.8. The molecule has 1 aliphatic heterocycles. The molecule has 1 atom stereocenters. The van der Waals surface area contributed by atoms with E-state index >= 15 is 0 Å². The highest BCUT2D eigenvalue weighted by molar-refractivity contribution is 7.99. The molecule has 1 aliphatic rings. The van der Waals surface area contributed by atoms with Crippen LogP contribution in [0.3, 0.4) is 0 Å². The predicted molar refractivity (Wildman–Crippen MR) is 109 cm³/mol. The molecule has 1 amide bonds. The molecule has 1 saturated heterocycles. The molecule has 0 radical (unpaired) electrons. The van der Waals surface area contributed by atoms with Crippen LogP contribution in [0, 0.1) is 5.82 Å². The van der Waals surface area contributed by atoms with Gasteiger partial charge in [0.2, 0.25) is 10.0 Å². The highest BCUT2D eigenvalue weighted by Crippen LogP contribution is 2.35. The smallest absolute Gasteiger partial charge is 0.253 e. The van der Waals surface area contributed by atoms with Gasteiger partial charge >= 0.3 is 0 Å². The quantitative estimate of drug-likeness (QED) is 0.758. The molecular weight excluding hydrogens is 399 g/mol. The number of rotatable bonds is 4. The van der Waals surface area contributed by atoms with Crippen molar-refractivity contribution in [2.45, 2.75) is 16.6 Å². The zero-order valence-electron chi connectivity index (χ0n) is 15.8. The lowest BCUT2D eigenvalue weighted by molar-refractivity contribution is 0.0766. The Hall–Kier alpha value is -1.90. The fourth-order valence-corrected chi connectivity index (χ4v) is 5.28. The van der Waals surface area contributed by atoms with E-state index in [1.807, 2.05) is 6.07 Å². The molecule has 0 spiro atoms. The second-order valence-corrected chi connectivity index (χ2v) is 10.2. The fourth-order valence-electron chi connectivity index (χ4n) is 3.12. The Bertz CT molecular complexity index is 946. The standard InChI is InChI=1S/C20H23FN2O3S2/c1-22(2)28(25,26)16-9-7-15(8-10-16)20(24)23-12-11-19(27-14-13-23)17-5-3-4-6-18(17)21/h3-10,19H,11-14H2,1-2H3. The molecule has 28 heavy (non-hydrogen) atoms. The van der Waals surface area contributed by atoms with Crippen LogP contribution >= 0.6 is 11.8 Å². The summed E-state index contributed by atoms with van der Waals surface area (Å²) >= 11 is 1.66. The van der Waals surface area contributed by atoms with E-state index in [9.17, 15) is 17.6 Å². The van der Waals surface area contributed by atoms with Gasteiger partial charge in [0.25, 0.3) is 5.91 Å². The van der Waals surface area contributed by atoms with Crippen LogP contribution in [0.1, 0.15) is 27.6 Å². The molecule has 5 nitrogen and oxygen atoms in total. The zero-order chi connectivity index (χ0) is 20.3. The maximum absolute atomic E-state index is 14.1. The monoisotopic (exact) mass is 422 g/mol. The van der Waals surface area contributed by atoms with Crippen LogP contribution in [0.25, 0.3) is 0 Å². The Morgan fingerprint density at radius 1 is 1.11 bits per heavy atom. The average Bonchev–Trinajstić information content (AvgIpc) is 2.94. The fraction of sp³-hybridized carbons (Fsp3) is 0.350. The topological polar surface area (TPSA) is 57.7 Å². The molecular formula is C20H23FN2O3S2. The number of thioether (sulfide) groups is 1. The maximum atomic E-state index is 14.1. The third-order valence-electron chi connectivity index (χ3n) is 4.76. The van der Waals surface area contributed by atoms with Crippen molar-refractivity contribution in [1.29, 1.82) is 0 Å². The van der Waals surface area contributed by atoms with Crippen LogP contribution in [0.5, 0.6) is 0 Å². The Kier molecular flexibility index (Phi) is 6.42. The number of hydrogen-bond acceptors (Lipinski definition) is 4. The molecule has 0 saturated carbocycles. The SMILES string of the molecule is CN(C)S(=O)(=O)c1ccc(C(=O)N2CCSC(c3ccccc3F)CC2)cc1. The minimum atomic E-state index is -3.52. The van der Waals surface area contributed by atoms with Crippen LogP contribution in [0.15, 0.2) is 53.4 Å². The van der Waals surface area contributed by atoms with Crippen molar-refractivity contribution in [3.63, 3.8) is 0 Å². The van der Waals surface area contributed by atoms with E-state index in [0.717, 1.165) is 10.1 Å². The van der Waals surface area contributed by atoms with Gasteiger partial charge < -0.3 is 4.90 Å². The van der Waals surface area contributed by atoms with Gasteiger partial charge in [-0.05, 0) is 36.8 Å². The first-order valence-electron chi connectivity index (χ1n) is 8.98. The van der Waals surface area contributed by atoms with Crippen molar-refractivity contribution in [2.24, 2.45) is 0 Å². The first-order chi connectivity index (χ1) is 13.3. The van der Waals surface area contributed by atoms with E-state index in [-0.39, 0.29) is 21.9 Å². The second kappa shape index (κ2) is 8.63. The molecule has 0 aromatic heterocycles. The highest BCUT2D eigenvalue weighted by atomic mass is 32.2. The summed E-state index contributed by atoms with van der Waals surface area (Å²) in [6, 6.07) is 12.8. The van der Waals surface area contributed by atoms with Gasteiger partial charge in [-0.1, -0.05) is 18.2 Å². The van der Waals surface area contributed by atoms with Gasteiger partial charge in [0.15, 0.2) is 0 Å². The number of carbonyl (C=O) groups is 1. The van der Waals surface area contributed by atoms with Gasteiger partial charge in [-0.3, -0.25) is 4.79 Å². The number of benzene rings is 2. The van der Waals surface area contributed by atoms with Crippen molar-refractivity contribution in [3.8, 4) is 0 Å². The Balaban J connectivity index is 1.71. The Labute approximate surface area is 169 Å². The van der Waals surface area contributed by atoms with E-state index < -0.39 is 10.0 Å². The molecule has 150 valence electrons. The van der Waals surface area contributed by atoms with Crippen molar-refractivity contribution < 1.29 is 17.6 Å². The Morgan fingerprint density at radius 3 is 2.43 bits per heavy atom. The number of amides is 1. The summed E-state index contributed by atoms with van der Waals surface area (Å²) in [6.07, 6.45) is 0.671. The van der Waals surface area contributed by atoms with Gasteiger partial charge in [0.05, 0.1) is 4.90 Å². The summed E-state index contributed by atoms with van der Waals surface area (Å²) in [5.41, 5.74) is 1.13. The van der Waals surface area contributed by atoms with E-state index in [1.165, 1.54) is 32.3 Å². The predicted octanol–water partition coefficient (Wildman–Crippen LogP) is 3.40. The minimum Gasteiger partial charge on any atom is -0.338 e. The third kappa shape index (κ3) is 4.39. The van der Waals surface area contributed by atoms with Crippen molar-refractivity contribution in [3.05, 3.63) is 65.5 Å². The molecule has 3 rings (SSSR count). The van der Waals surface area contributed by atoms with Crippen LogP contribution < -0.4 is 0 Å². The van der Waals surface area contributed by atoms with Crippen molar-refractivity contribution in [1.82, 2.24) is 9.21 Å². The summed E-state index contributed by atoms with van der Waals surface area (Å²) in [6.45, 7) is 1.11. The molecule has 0 aliphatic carbocycles. The highest BCUT2D eigenvalue weighted by Gasteiger charge is 2.25. The normalized spacial score (nSPS) is 18.1. The molecule has 1 fully saturated rings. The first-order valence-corrected chi connectivity index (χ1v) is 11.5. The lowest BCUT2D eigenvalue weighted by Crippen LogP contribution is -2.33. The van der Waals surface area contributed by atoms with Gasteiger partial charge in [-0.2, -0.15) is 11.8 Å². The number of carbonyl (C=O) groups excluding carboxylic acids is 1. The molecule has 1 unspecified atom stereocenters. The molecule has 2 aromatic carbocycles. The lowest BCUT2D eigenvalue weighted by Gasteiger charge is -2.21. The average molecular weight is 423 g/mol. The van der Waals surface area contributed by atoms with Gasteiger partial charge in [0, 0.05) is 49.3 Å². The number of halogens is 1. The van der Waals surface area contributed by atoms with Crippen LogP contribution in [-0.4, -0.2) is 56.5 Å². The Morgan fingerprint density at radius 2 is 1.79 bits per heavy atom. The number of nitrogens with zero attached hydrogens (tertiary/aromatic N) is 2. The molecule has 0 bridgehead atoms. The number of hydrogen-bond donors (Lipinski definition) is 0.